The highest BCUT2D eigenvalue weighted by Gasteiger charge is 2.11. The van der Waals surface area contributed by atoms with Gasteiger partial charge in [-0.2, -0.15) is 5.10 Å². The van der Waals surface area contributed by atoms with Gasteiger partial charge in [-0.3, -0.25) is 9.78 Å². The van der Waals surface area contributed by atoms with Crippen LogP contribution in [0.5, 0.6) is 0 Å². The van der Waals surface area contributed by atoms with Crippen LogP contribution >= 0.6 is 0 Å². The number of nitrogens with two attached hydrogens (primary N) is 1. The number of carbonyl (C=O) groups is 2. The van der Waals surface area contributed by atoms with Crippen LogP contribution in [0, 0.1) is 0 Å². The zero-order valence-corrected chi connectivity index (χ0v) is 17.0. The number of benzene rings is 2. The summed E-state index contributed by atoms with van der Waals surface area (Å²) in [7, 11) is 0. The second-order valence-corrected chi connectivity index (χ2v) is 6.85. The van der Waals surface area contributed by atoms with E-state index >= 15 is 0 Å². The standard InChI is InChI=1S/C24H20N6O2/c25-24(32)28-20-8-4-7-19(14-20)27-22(31)12-11-18-16-30(21-9-2-1-3-10-21)29-23(18)17-6-5-13-26-15-17/h1-16H,(H,27,31)(H3,25,28,32)/b12-11+. The minimum atomic E-state index is -0.674. The van der Waals surface area contributed by atoms with Crippen molar-refractivity contribution in [1.82, 2.24) is 14.8 Å². The Bertz CT molecular complexity index is 1270. The van der Waals surface area contributed by atoms with Crippen molar-refractivity contribution in [3.63, 3.8) is 0 Å². The number of hydrogen-bond acceptors (Lipinski definition) is 4. The molecule has 0 saturated carbocycles. The van der Waals surface area contributed by atoms with Gasteiger partial charge in [-0.25, -0.2) is 9.48 Å². The van der Waals surface area contributed by atoms with E-state index in [2.05, 4.69) is 15.6 Å². The van der Waals surface area contributed by atoms with Crippen LogP contribution in [0.4, 0.5) is 16.2 Å². The molecule has 4 N–H and O–H groups in total. The average Bonchev–Trinajstić information content (AvgIpc) is 3.23. The van der Waals surface area contributed by atoms with Gasteiger partial charge < -0.3 is 16.4 Å². The molecule has 4 rings (SSSR count). The Morgan fingerprint density at radius 1 is 0.938 bits per heavy atom. The van der Waals surface area contributed by atoms with Gasteiger partial charge in [0.05, 0.1) is 5.69 Å². The summed E-state index contributed by atoms with van der Waals surface area (Å²) in [6.45, 7) is 0. The van der Waals surface area contributed by atoms with Crippen LogP contribution in [0.1, 0.15) is 5.56 Å². The van der Waals surface area contributed by atoms with Crippen molar-refractivity contribution in [3.05, 3.63) is 97.0 Å². The van der Waals surface area contributed by atoms with Crippen molar-refractivity contribution in [3.8, 4) is 16.9 Å². The van der Waals surface area contributed by atoms with Crippen molar-refractivity contribution < 1.29 is 9.59 Å². The second-order valence-electron chi connectivity index (χ2n) is 6.85. The molecule has 2 heterocycles. The molecule has 0 atom stereocenters. The predicted octanol–water partition coefficient (Wildman–Crippen LogP) is 4.08. The Hall–Kier alpha value is -4.72. The predicted molar refractivity (Wildman–Crippen MR) is 124 cm³/mol. The molecule has 0 radical (unpaired) electrons. The number of rotatable bonds is 6. The number of aromatic nitrogens is 3. The molecule has 4 aromatic rings. The molecule has 2 aromatic heterocycles. The van der Waals surface area contributed by atoms with E-state index in [1.54, 1.807) is 47.4 Å². The summed E-state index contributed by atoms with van der Waals surface area (Å²) in [5.41, 5.74) is 9.36. The normalized spacial score (nSPS) is 10.8. The molecule has 2 aromatic carbocycles. The monoisotopic (exact) mass is 424 g/mol. The maximum absolute atomic E-state index is 12.5. The van der Waals surface area contributed by atoms with Crippen LogP contribution in [0.3, 0.4) is 0 Å². The van der Waals surface area contributed by atoms with E-state index in [-0.39, 0.29) is 5.91 Å². The molecule has 158 valence electrons. The Labute approximate surface area is 184 Å². The van der Waals surface area contributed by atoms with E-state index in [0.717, 1.165) is 16.8 Å². The molecule has 0 saturated heterocycles. The number of pyridine rings is 1. The first-order valence-electron chi connectivity index (χ1n) is 9.79. The summed E-state index contributed by atoms with van der Waals surface area (Å²) in [6.07, 6.45) is 8.42. The highest BCUT2D eigenvalue weighted by molar-refractivity contribution is 6.02. The van der Waals surface area contributed by atoms with Crippen molar-refractivity contribution in [2.45, 2.75) is 0 Å². The molecule has 3 amide bonds. The van der Waals surface area contributed by atoms with Crippen LogP contribution in [0.2, 0.25) is 0 Å². The van der Waals surface area contributed by atoms with Gasteiger partial charge in [-0.05, 0) is 48.5 Å². The highest BCUT2D eigenvalue weighted by Crippen LogP contribution is 2.24. The zero-order chi connectivity index (χ0) is 22.3. The summed E-state index contributed by atoms with van der Waals surface area (Å²) in [5.74, 6) is -0.328. The van der Waals surface area contributed by atoms with E-state index in [1.807, 2.05) is 48.7 Å². The van der Waals surface area contributed by atoms with Gasteiger partial charge in [0, 0.05) is 47.2 Å². The third kappa shape index (κ3) is 5.06. The van der Waals surface area contributed by atoms with E-state index in [1.165, 1.54) is 6.08 Å². The van der Waals surface area contributed by atoms with E-state index in [0.29, 0.717) is 17.1 Å². The van der Waals surface area contributed by atoms with Gasteiger partial charge in [-0.1, -0.05) is 24.3 Å². The van der Waals surface area contributed by atoms with E-state index in [4.69, 9.17) is 10.8 Å². The Kier molecular flexibility index (Phi) is 6.03. The lowest BCUT2D eigenvalue weighted by molar-refractivity contribution is -0.111. The third-order valence-electron chi connectivity index (χ3n) is 4.51. The molecule has 0 fully saturated rings. The Morgan fingerprint density at radius 2 is 1.72 bits per heavy atom. The first-order valence-corrected chi connectivity index (χ1v) is 9.79. The Morgan fingerprint density at radius 3 is 2.44 bits per heavy atom. The summed E-state index contributed by atoms with van der Waals surface area (Å²) < 4.78 is 1.76. The van der Waals surface area contributed by atoms with Crippen LogP contribution in [-0.2, 0) is 4.79 Å². The fourth-order valence-electron chi connectivity index (χ4n) is 3.12. The molecule has 0 aliphatic rings. The summed E-state index contributed by atoms with van der Waals surface area (Å²) >= 11 is 0. The number of urea groups is 1. The first kappa shape index (κ1) is 20.5. The number of amides is 3. The molecule has 0 spiro atoms. The van der Waals surface area contributed by atoms with Gasteiger partial charge in [-0.15, -0.1) is 0 Å². The summed E-state index contributed by atoms with van der Waals surface area (Å²) in [6, 6.07) is 19.5. The molecule has 32 heavy (non-hydrogen) atoms. The number of carbonyl (C=O) groups excluding carboxylic acids is 2. The topological polar surface area (TPSA) is 115 Å². The number of nitrogens with zero attached hydrogens (tertiary/aromatic N) is 3. The number of nitrogens with one attached hydrogen (secondary N) is 2. The average molecular weight is 424 g/mol. The van der Waals surface area contributed by atoms with Crippen molar-refractivity contribution in [2.24, 2.45) is 5.73 Å². The van der Waals surface area contributed by atoms with Gasteiger partial charge in [0.2, 0.25) is 5.91 Å². The number of primary amides is 1. The lowest BCUT2D eigenvalue weighted by atomic mass is 10.1. The van der Waals surface area contributed by atoms with Gasteiger partial charge >= 0.3 is 6.03 Å². The SMILES string of the molecule is NC(=O)Nc1cccc(NC(=O)/C=C/c2cn(-c3ccccc3)nc2-c2cccnc2)c1. The molecular formula is C24H20N6O2. The molecule has 0 unspecified atom stereocenters. The lowest BCUT2D eigenvalue weighted by Gasteiger charge is -2.05. The second kappa shape index (κ2) is 9.40. The Balaban J connectivity index is 1.58. The maximum Gasteiger partial charge on any atom is 0.316 e. The van der Waals surface area contributed by atoms with Crippen LogP contribution in [0.15, 0.2) is 91.4 Å². The van der Waals surface area contributed by atoms with Gasteiger partial charge in [0.1, 0.15) is 5.69 Å². The summed E-state index contributed by atoms with van der Waals surface area (Å²) in [4.78, 5) is 27.7. The lowest BCUT2D eigenvalue weighted by Crippen LogP contribution is -2.19. The third-order valence-corrected chi connectivity index (χ3v) is 4.51. The number of hydrogen-bond donors (Lipinski definition) is 3. The fourth-order valence-corrected chi connectivity index (χ4v) is 3.12. The van der Waals surface area contributed by atoms with Crippen molar-refractivity contribution in [2.75, 3.05) is 10.6 Å². The first-order chi connectivity index (χ1) is 15.6. The minimum absolute atomic E-state index is 0.328. The molecular weight excluding hydrogens is 404 g/mol. The number of anilines is 2. The van der Waals surface area contributed by atoms with Crippen LogP contribution in [0.25, 0.3) is 23.0 Å². The smallest absolute Gasteiger partial charge is 0.316 e. The van der Waals surface area contributed by atoms with E-state index in [9.17, 15) is 9.59 Å². The molecule has 0 bridgehead atoms. The zero-order valence-electron chi connectivity index (χ0n) is 17.0. The highest BCUT2D eigenvalue weighted by atomic mass is 16.2. The van der Waals surface area contributed by atoms with Gasteiger partial charge in [0.25, 0.3) is 0 Å². The summed E-state index contributed by atoms with van der Waals surface area (Å²) in [5, 5.41) is 9.93. The maximum atomic E-state index is 12.5. The van der Waals surface area contributed by atoms with Crippen LogP contribution in [-0.4, -0.2) is 26.7 Å². The number of para-hydroxylation sites is 1. The van der Waals surface area contributed by atoms with Crippen molar-refractivity contribution in [1.29, 1.82) is 0 Å². The van der Waals surface area contributed by atoms with Crippen LogP contribution < -0.4 is 16.4 Å². The minimum Gasteiger partial charge on any atom is -0.351 e. The van der Waals surface area contributed by atoms with E-state index < -0.39 is 6.03 Å². The fraction of sp³-hybridized carbons (Fsp3) is 0. The molecule has 8 heteroatoms. The largest absolute Gasteiger partial charge is 0.351 e. The molecule has 0 aliphatic carbocycles. The van der Waals surface area contributed by atoms with Crippen molar-refractivity contribution >= 4 is 29.4 Å². The molecule has 0 aliphatic heterocycles. The van der Waals surface area contributed by atoms with Gasteiger partial charge in [0.15, 0.2) is 0 Å². The quantitative estimate of drug-likeness (QED) is 0.405. The molecule has 8 nitrogen and oxygen atoms in total.